The Kier molecular flexibility index (Phi) is 10.8. The number of anilines is 1. The molecule has 0 aliphatic heterocycles. The summed E-state index contributed by atoms with van der Waals surface area (Å²) >= 11 is 18.0. The number of halogens is 4. The van der Waals surface area contributed by atoms with Gasteiger partial charge in [0, 0.05) is 12.1 Å². The molecule has 2 rings (SSSR count). The highest BCUT2D eigenvalue weighted by molar-refractivity contribution is 6.38. The van der Waals surface area contributed by atoms with E-state index in [4.69, 9.17) is 45.3 Å². The average molecular weight is 492 g/mol. The van der Waals surface area contributed by atoms with Gasteiger partial charge in [-0.3, -0.25) is 4.79 Å². The van der Waals surface area contributed by atoms with Crippen molar-refractivity contribution in [1.29, 1.82) is 0 Å². The van der Waals surface area contributed by atoms with E-state index in [1.165, 1.54) is 18.2 Å². The number of rotatable bonds is 12. The van der Waals surface area contributed by atoms with E-state index in [9.17, 15) is 14.3 Å². The average Bonchev–Trinajstić information content (AvgIpc) is 2.75. The lowest BCUT2D eigenvalue weighted by Crippen LogP contribution is -2.22. The van der Waals surface area contributed by atoms with E-state index >= 15 is 0 Å². The first-order chi connectivity index (χ1) is 14.8. The van der Waals surface area contributed by atoms with Crippen LogP contribution in [0, 0.1) is 5.82 Å². The number of benzene rings is 2. The van der Waals surface area contributed by atoms with Crippen LogP contribution in [-0.4, -0.2) is 30.8 Å². The molecular weight excluding hydrogens is 466 g/mol. The van der Waals surface area contributed by atoms with E-state index in [1.54, 1.807) is 18.2 Å². The van der Waals surface area contributed by atoms with Crippen molar-refractivity contribution in [1.82, 2.24) is 5.32 Å². The van der Waals surface area contributed by atoms with Crippen LogP contribution in [-0.2, 0) is 9.53 Å². The Morgan fingerprint density at radius 3 is 2.45 bits per heavy atom. The van der Waals surface area contributed by atoms with Crippen LogP contribution in [0.1, 0.15) is 48.3 Å². The van der Waals surface area contributed by atoms with Crippen molar-refractivity contribution in [3.63, 3.8) is 0 Å². The summed E-state index contributed by atoms with van der Waals surface area (Å²) in [6, 6.07) is 9.09. The van der Waals surface area contributed by atoms with Gasteiger partial charge in [-0.15, -0.1) is 11.6 Å². The van der Waals surface area contributed by atoms with Crippen LogP contribution in [0.4, 0.5) is 10.1 Å². The van der Waals surface area contributed by atoms with E-state index in [2.05, 4.69) is 5.32 Å². The quantitative estimate of drug-likeness (QED) is 0.160. The Morgan fingerprint density at radius 1 is 1.13 bits per heavy atom. The summed E-state index contributed by atoms with van der Waals surface area (Å²) in [5, 5.41) is 12.9. The highest BCUT2D eigenvalue weighted by atomic mass is 35.5. The first-order valence-corrected chi connectivity index (χ1v) is 11.2. The fraction of sp³-hybridized carbons (Fsp3) is 0.409. The summed E-state index contributed by atoms with van der Waals surface area (Å²) in [6.45, 7) is 1.33. The molecule has 4 N–H and O–H groups in total. The minimum absolute atomic E-state index is 0.117. The van der Waals surface area contributed by atoms with Crippen LogP contribution >= 0.6 is 34.8 Å². The second kappa shape index (κ2) is 13.1. The molecule has 2 unspecified atom stereocenters. The first kappa shape index (κ1) is 25.7. The molecule has 0 aromatic heterocycles. The Bertz CT molecular complexity index is 847. The zero-order valence-corrected chi connectivity index (χ0v) is 19.2. The number of aliphatic hydroxyl groups is 1. The molecule has 31 heavy (non-hydrogen) atoms. The van der Waals surface area contributed by atoms with Gasteiger partial charge in [0.15, 0.2) is 5.38 Å². The van der Waals surface area contributed by atoms with Gasteiger partial charge in [0.05, 0.1) is 28.4 Å². The number of unbranched alkanes of at least 4 members (excludes halogenated alkanes) is 3. The third-order valence-corrected chi connectivity index (χ3v) is 5.74. The van der Waals surface area contributed by atoms with Crippen LogP contribution in [0.25, 0.3) is 0 Å². The number of nitrogens with two attached hydrogens (primary N) is 1. The van der Waals surface area contributed by atoms with Crippen molar-refractivity contribution in [3.05, 3.63) is 63.4 Å². The zero-order chi connectivity index (χ0) is 22.8. The minimum atomic E-state index is -1.15. The maximum Gasteiger partial charge on any atom is 0.328 e. The molecule has 0 saturated carbocycles. The SMILES string of the molecule is Nc1c(Cl)cc(C(O)CNCCCCCCOC(=O)C(Cl)c2ccccc2F)cc1Cl. The van der Waals surface area contributed by atoms with E-state index in [-0.39, 0.29) is 12.2 Å². The highest BCUT2D eigenvalue weighted by Gasteiger charge is 2.22. The highest BCUT2D eigenvalue weighted by Crippen LogP contribution is 2.31. The molecule has 0 heterocycles. The lowest BCUT2D eigenvalue weighted by Gasteiger charge is -2.14. The number of hydrogen-bond donors (Lipinski definition) is 3. The number of alkyl halides is 1. The van der Waals surface area contributed by atoms with Crippen molar-refractivity contribution in [2.75, 3.05) is 25.4 Å². The number of esters is 1. The van der Waals surface area contributed by atoms with E-state index in [0.29, 0.717) is 34.3 Å². The van der Waals surface area contributed by atoms with Crippen molar-refractivity contribution in [3.8, 4) is 0 Å². The first-order valence-electron chi connectivity index (χ1n) is 9.99. The summed E-state index contributed by atoms with van der Waals surface area (Å²) in [4.78, 5) is 11.9. The van der Waals surface area contributed by atoms with Crippen molar-refractivity contribution >= 4 is 46.5 Å². The van der Waals surface area contributed by atoms with Crippen LogP contribution < -0.4 is 11.1 Å². The smallest absolute Gasteiger partial charge is 0.328 e. The molecule has 2 atom stereocenters. The molecule has 0 spiro atoms. The molecule has 0 fully saturated rings. The Labute approximate surface area is 196 Å². The Morgan fingerprint density at radius 2 is 1.77 bits per heavy atom. The molecule has 0 aliphatic carbocycles. The van der Waals surface area contributed by atoms with Gasteiger partial charge in [0.2, 0.25) is 0 Å². The minimum Gasteiger partial charge on any atom is -0.464 e. The fourth-order valence-corrected chi connectivity index (χ4v) is 3.66. The molecule has 0 aliphatic rings. The molecule has 2 aromatic carbocycles. The van der Waals surface area contributed by atoms with Gasteiger partial charge in [-0.1, -0.05) is 54.2 Å². The number of carbonyl (C=O) groups is 1. The molecular formula is C22H26Cl3FN2O3. The molecule has 170 valence electrons. The van der Waals surface area contributed by atoms with E-state index < -0.39 is 23.3 Å². The van der Waals surface area contributed by atoms with Crippen molar-refractivity contribution in [2.24, 2.45) is 0 Å². The predicted molar refractivity (Wildman–Crippen MR) is 123 cm³/mol. The lowest BCUT2D eigenvalue weighted by molar-refractivity contribution is -0.143. The molecule has 0 radical (unpaired) electrons. The summed E-state index contributed by atoms with van der Waals surface area (Å²) in [5.74, 6) is -1.18. The second-order valence-electron chi connectivity index (χ2n) is 7.08. The number of ether oxygens (including phenoxy) is 1. The largest absolute Gasteiger partial charge is 0.464 e. The summed E-state index contributed by atoms with van der Waals surface area (Å²) in [5.41, 5.74) is 6.71. The molecule has 5 nitrogen and oxygen atoms in total. The molecule has 0 saturated heterocycles. The second-order valence-corrected chi connectivity index (χ2v) is 8.33. The summed E-state index contributed by atoms with van der Waals surface area (Å²) in [7, 11) is 0. The number of nitrogen functional groups attached to an aromatic ring is 1. The molecule has 0 amide bonds. The summed E-state index contributed by atoms with van der Waals surface area (Å²) in [6.07, 6.45) is 2.65. The van der Waals surface area contributed by atoms with Gasteiger partial charge in [-0.2, -0.15) is 0 Å². The lowest BCUT2D eigenvalue weighted by atomic mass is 10.1. The van der Waals surface area contributed by atoms with Crippen LogP contribution in [0.5, 0.6) is 0 Å². The Hall–Kier alpha value is -1.57. The zero-order valence-electron chi connectivity index (χ0n) is 16.9. The van der Waals surface area contributed by atoms with Gasteiger partial charge in [-0.25, -0.2) is 4.39 Å². The van der Waals surface area contributed by atoms with Gasteiger partial charge < -0.3 is 20.9 Å². The number of aliphatic hydroxyl groups excluding tert-OH is 1. The van der Waals surface area contributed by atoms with Crippen LogP contribution in [0.2, 0.25) is 10.0 Å². The normalized spacial score (nSPS) is 13.1. The van der Waals surface area contributed by atoms with E-state index in [0.717, 1.165) is 25.8 Å². The number of hydrogen-bond acceptors (Lipinski definition) is 5. The monoisotopic (exact) mass is 490 g/mol. The standard InChI is InChI=1S/C22H26Cl3FN2O3/c23-16-11-14(12-17(24)21(16)27)19(29)13-28-9-5-1-2-6-10-31-22(30)20(25)15-7-3-4-8-18(15)26/h3-4,7-8,11-12,19-20,28-29H,1-2,5-6,9-10,13,27H2. The van der Waals surface area contributed by atoms with Crippen molar-refractivity contribution in [2.45, 2.75) is 37.2 Å². The molecule has 0 bridgehead atoms. The summed E-state index contributed by atoms with van der Waals surface area (Å²) < 4.78 is 18.8. The predicted octanol–water partition coefficient (Wildman–Crippen LogP) is 5.42. The molecule has 9 heteroatoms. The van der Waals surface area contributed by atoms with Crippen LogP contribution in [0.3, 0.4) is 0 Å². The molecule has 2 aromatic rings. The maximum absolute atomic E-state index is 13.7. The maximum atomic E-state index is 13.7. The van der Waals surface area contributed by atoms with Gasteiger partial charge in [0.1, 0.15) is 5.82 Å². The Balaban J connectivity index is 1.55. The third kappa shape index (κ3) is 8.13. The van der Waals surface area contributed by atoms with Crippen molar-refractivity contribution < 1.29 is 19.0 Å². The van der Waals surface area contributed by atoms with Crippen LogP contribution in [0.15, 0.2) is 36.4 Å². The topological polar surface area (TPSA) is 84.6 Å². The van der Waals surface area contributed by atoms with Gasteiger partial charge >= 0.3 is 5.97 Å². The van der Waals surface area contributed by atoms with Gasteiger partial charge in [-0.05, 0) is 43.1 Å². The fourth-order valence-electron chi connectivity index (χ4n) is 2.91. The number of carbonyl (C=O) groups excluding carboxylic acids is 1. The third-order valence-electron chi connectivity index (χ3n) is 4.70. The van der Waals surface area contributed by atoms with E-state index in [1.807, 2.05) is 0 Å². The number of nitrogens with one attached hydrogen (secondary N) is 1. The van der Waals surface area contributed by atoms with Gasteiger partial charge in [0.25, 0.3) is 0 Å².